The molecule has 5 nitrogen and oxygen atoms in total. The van der Waals surface area contributed by atoms with Crippen LogP contribution in [-0.4, -0.2) is 48.2 Å². The highest BCUT2D eigenvalue weighted by Gasteiger charge is 2.29. The Balaban J connectivity index is 2.08. The van der Waals surface area contributed by atoms with Crippen LogP contribution in [0.3, 0.4) is 0 Å². The van der Waals surface area contributed by atoms with Gasteiger partial charge >= 0.3 is 10.2 Å². The molecule has 0 bridgehead atoms. The van der Waals surface area contributed by atoms with E-state index in [4.69, 9.17) is 0 Å². The quantitative estimate of drug-likeness (QED) is 0.843. The summed E-state index contributed by atoms with van der Waals surface area (Å²) in [6, 6.07) is 0.235. The van der Waals surface area contributed by atoms with E-state index in [1.54, 1.807) is 6.33 Å². The average Bonchev–Trinajstić information content (AvgIpc) is 2.79. The van der Waals surface area contributed by atoms with Crippen molar-refractivity contribution >= 4 is 10.2 Å². The second-order valence-electron chi connectivity index (χ2n) is 7.00. The number of aromatic nitrogens is 2. The highest BCUT2D eigenvalue weighted by molar-refractivity contribution is 7.86. The molecule has 0 amide bonds. The molecule has 120 valence electrons. The lowest BCUT2D eigenvalue weighted by Crippen LogP contribution is -2.45. The predicted octanol–water partition coefficient (Wildman–Crippen LogP) is 1.91. The molecule has 0 fully saturated rings. The second-order valence-corrected chi connectivity index (χ2v) is 8.48. The summed E-state index contributed by atoms with van der Waals surface area (Å²) >= 11 is 0. The van der Waals surface area contributed by atoms with Gasteiger partial charge in [0.05, 0.1) is 17.8 Å². The molecule has 1 aliphatic rings. The number of rotatable bonds is 5. The van der Waals surface area contributed by atoms with Crippen LogP contribution in [0.5, 0.6) is 0 Å². The fourth-order valence-electron chi connectivity index (χ4n) is 2.92. The molecule has 1 unspecified atom stereocenters. The fourth-order valence-corrected chi connectivity index (χ4v) is 3.37. The third-order valence-corrected chi connectivity index (χ3v) is 4.45. The fraction of sp³-hybridized carbons (Fsp3) is 0.786. The maximum absolute atomic E-state index is 12.9. The maximum Gasteiger partial charge on any atom is 0.303 e. The van der Waals surface area contributed by atoms with E-state index < -0.39 is 16.0 Å². The number of aromatic amines is 1. The molecular weight excluding hydrogens is 293 g/mol. The van der Waals surface area contributed by atoms with Gasteiger partial charge in [0, 0.05) is 31.2 Å². The molecule has 1 atom stereocenters. The normalized spacial score (nSPS) is 19.8. The van der Waals surface area contributed by atoms with E-state index in [1.165, 1.54) is 0 Å². The van der Waals surface area contributed by atoms with Crippen LogP contribution in [-0.2, 0) is 23.1 Å². The van der Waals surface area contributed by atoms with E-state index >= 15 is 0 Å². The van der Waals surface area contributed by atoms with E-state index in [0.29, 0.717) is 0 Å². The zero-order chi connectivity index (χ0) is 15.7. The first-order valence-corrected chi connectivity index (χ1v) is 8.87. The number of aryl methyl sites for hydroxylation is 1. The molecular formula is C14H24FN3O2S. The number of hydrogen-bond acceptors (Lipinski definition) is 4. The first-order chi connectivity index (χ1) is 9.64. The average molecular weight is 317 g/mol. The number of hydrogen-bond donors (Lipinski definition) is 1. The lowest BCUT2D eigenvalue weighted by molar-refractivity contribution is 0.133. The topological polar surface area (TPSA) is 66.1 Å². The number of H-pyrrole nitrogens is 1. The van der Waals surface area contributed by atoms with Gasteiger partial charge < -0.3 is 4.98 Å². The van der Waals surface area contributed by atoms with Crippen LogP contribution < -0.4 is 0 Å². The third-order valence-electron chi connectivity index (χ3n) is 3.78. The Morgan fingerprint density at radius 3 is 2.81 bits per heavy atom. The van der Waals surface area contributed by atoms with Gasteiger partial charge in [0.25, 0.3) is 0 Å². The van der Waals surface area contributed by atoms with Gasteiger partial charge in [-0.25, -0.2) is 4.98 Å². The number of imidazole rings is 1. The zero-order valence-corrected chi connectivity index (χ0v) is 13.7. The summed E-state index contributed by atoms with van der Waals surface area (Å²) in [5.74, 6) is -0.435. The molecule has 0 aromatic carbocycles. The van der Waals surface area contributed by atoms with Crippen molar-refractivity contribution in [2.24, 2.45) is 5.41 Å². The van der Waals surface area contributed by atoms with Crippen LogP contribution in [0.1, 0.15) is 38.6 Å². The van der Waals surface area contributed by atoms with E-state index in [9.17, 15) is 12.3 Å². The van der Waals surface area contributed by atoms with Crippen molar-refractivity contribution in [1.82, 2.24) is 14.9 Å². The SMILES string of the molecule is CC(C)(C)CN(CCS(=O)(=O)F)C1CCc2nc[nH]c2C1. The Morgan fingerprint density at radius 2 is 2.19 bits per heavy atom. The van der Waals surface area contributed by atoms with Crippen LogP contribution in [0.15, 0.2) is 6.33 Å². The molecule has 0 saturated heterocycles. The van der Waals surface area contributed by atoms with E-state index in [2.05, 4.69) is 35.6 Å². The Kier molecular flexibility index (Phi) is 4.72. The minimum atomic E-state index is -4.42. The van der Waals surface area contributed by atoms with Crippen LogP contribution in [0.4, 0.5) is 3.89 Å². The lowest BCUT2D eigenvalue weighted by Gasteiger charge is -2.37. The molecule has 21 heavy (non-hydrogen) atoms. The second kappa shape index (κ2) is 6.04. The maximum atomic E-state index is 12.9. The number of nitrogens with zero attached hydrogens (tertiary/aromatic N) is 2. The van der Waals surface area contributed by atoms with Crippen molar-refractivity contribution in [2.75, 3.05) is 18.8 Å². The number of fused-ring (bicyclic) bond motifs is 1. The molecule has 1 aromatic rings. The first-order valence-electron chi connectivity index (χ1n) is 7.31. The molecule has 2 rings (SSSR count). The largest absolute Gasteiger partial charge is 0.348 e. The minimum Gasteiger partial charge on any atom is -0.348 e. The van der Waals surface area contributed by atoms with Gasteiger partial charge in [-0.15, -0.1) is 3.89 Å². The van der Waals surface area contributed by atoms with Crippen molar-refractivity contribution in [3.63, 3.8) is 0 Å². The van der Waals surface area contributed by atoms with Crippen molar-refractivity contribution in [3.8, 4) is 0 Å². The third kappa shape index (κ3) is 5.07. The molecule has 1 heterocycles. The Labute approximate surface area is 126 Å². The van der Waals surface area contributed by atoms with Gasteiger partial charge in [0.1, 0.15) is 0 Å². The van der Waals surface area contributed by atoms with Gasteiger partial charge in [0.15, 0.2) is 0 Å². The van der Waals surface area contributed by atoms with Crippen LogP contribution >= 0.6 is 0 Å². The van der Waals surface area contributed by atoms with E-state index in [-0.39, 0.29) is 18.0 Å². The van der Waals surface area contributed by atoms with E-state index in [1.807, 2.05) is 0 Å². The van der Waals surface area contributed by atoms with Crippen LogP contribution in [0.25, 0.3) is 0 Å². The number of nitrogens with one attached hydrogen (secondary N) is 1. The summed E-state index contributed by atoms with van der Waals surface area (Å²) in [5, 5.41) is 0. The van der Waals surface area contributed by atoms with Gasteiger partial charge in [-0.3, -0.25) is 4.90 Å². The van der Waals surface area contributed by atoms with Crippen molar-refractivity contribution < 1.29 is 12.3 Å². The molecule has 0 spiro atoms. The number of halogens is 1. The zero-order valence-electron chi connectivity index (χ0n) is 12.9. The Bertz CT molecular complexity index is 577. The monoisotopic (exact) mass is 317 g/mol. The first kappa shape index (κ1) is 16.4. The lowest BCUT2D eigenvalue weighted by atomic mass is 9.91. The standard InChI is InChI=1S/C14H24FN3O2S/c1-14(2,3)9-18(6-7-21(15,19)20)11-4-5-12-13(8-11)17-10-16-12/h10-11H,4-9H2,1-3H3,(H,16,17). The van der Waals surface area contributed by atoms with Gasteiger partial charge in [0.2, 0.25) is 0 Å². The molecule has 0 saturated carbocycles. The predicted molar refractivity (Wildman–Crippen MR) is 80.3 cm³/mol. The van der Waals surface area contributed by atoms with Crippen LogP contribution in [0, 0.1) is 5.41 Å². The Hall–Kier alpha value is -0.950. The van der Waals surface area contributed by atoms with Crippen LogP contribution in [0.2, 0.25) is 0 Å². The summed E-state index contributed by atoms with van der Waals surface area (Å²) in [5.41, 5.74) is 2.25. The van der Waals surface area contributed by atoms with Gasteiger partial charge in [-0.2, -0.15) is 8.42 Å². The summed E-state index contributed by atoms with van der Waals surface area (Å²) in [6.07, 6.45) is 4.33. The summed E-state index contributed by atoms with van der Waals surface area (Å²) in [4.78, 5) is 9.54. The minimum absolute atomic E-state index is 0.0360. The highest BCUT2D eigenvalue weighted by Crippen LogP contribution is 2.25. The molecule has 1 N–H and O–H groups in total. The molecule has 1 aliphatic carbocycles. The van der Waals surface area contributed by atoms with Gasteiger partial charge in [-0.1, -0.05) is 20.8 Å². The Morgan fingerprint density at radius 1 is 1.48 bits per heavy atom. The summed E-state index contributed by atoms with van der Waals surface area (Å²) < 4.78 is 34.5. The molecule has 1 aromatic heterocycles. The van der Waals surface area contributed by atoms with Crippen molar-refractivity contribution in [2.45, 2.75) is 46.1 Å². The summed E-state index contributed by atoms with van der Waals surface area (Å²) in [6.45, 7) is 7.30. The van der Waals surface area contributed by atoms with E-state index in [0.717, 1.165) is 37.2 Å². The molecule has 0 radical (unpaired) electrons. The summed E-state index contributed by atoms with van der Waals surface area (Å²) in [7, 11) is -4.42. The highest BCUT2D eigenvalue weighted by atomic mass is 32.3. The molecule has 7 heteroatoms. The van der Waals surface area contributed by atoms with Gasteiger partial charge in [-0.05, 0) is 18.3 Å². The molecule has 0 aliphatic heterocycles. The smallest absolute Gasteiger partial charge is 0.303 e. The van der Waals surface area contributed by atoms with Crippen molar-refractivity contribution in [3.05, 3.63) is 17.7 Å². The van der Waals surface area contributed by atoms with Crippen molar-refractivity contribution in [1.29, 1.82) is 0 Å².